The van der Waals surface area contributed by atoms with Crippen molar-refractivity contribution in [3.63, 3.8) is 0 Å². The van der Waals surface area contributed by atoms with Crippen LogP contribution in [0.2, 0.25) is 0 Å². The third-order valence-corrected chi connectivity index (χ3v) is 8.54. The quantitative estimate of drug-likeness (QED) is 0.477. The molecule has 34 heavy (non-hydrogen) atoms. The minimum Gasteiger partial charge on any atom is -0.454 e. The highest BCUT2D eigenvalue weighted by molar-refractivity contribution is 7.92. The number of allylic oxidation sites excluding steroid dienone is 2. The summed E-state index contributed by atoms with van der Waals surface area (Å²) in [4.78, 5) is 0.270. The summed E-state index contributed by atoms with van der Waals surface area (Å²) in [6, 6.07) is 17.1. The van der Waals surface area contributed by atoms with E-state index in [0.29, 0.717) is 11.6 Å². The summed E-state index contributed by atoms with van der Waals surface area (Å²) in [6.45, 7) is 4.23. The standard InChI is InChI=1S/C27H26N2O4S/c1-16-6-8-19(12-17(16)2)29-34(30,31)20-9-10-24-23(14-20)21-4-3-5-22(21)27(28-24)18-7-11-25-26(13-18)33-15-32-25/h3-4,6-14,21-22,27-29H,5,15H2,1-2H3/t21-,22+,27+/m0/s1. The van der Waals surface area contributed by atoms with Crippen molar-refractivity contribution in [3.05, 3.63) is 89.0 Å². The van der Waals surface area contributed by atoms with Crippen LogP contribution in [-0.4, -0.2) is 15.2 Å². The van der Waals surface area contributed by atoms with E-state index in [1.54, 1.807) is 12.1 Å². The molecule has 6 nitrogen and oxygen atoms in total. The van der Waals surface area contributed by atoms with Crippen LogP contribution < -0.4 is 19.5 Å². The Hall–Kier alpha value is -3.45. The molecule has 0 spiro atoms. The van der Waals surface area contributed by atoms with Crippen LogP contribution in [0.15, 0.2) is 71.6 Å². The van der Waals surface area contributed by atoms with E-state index >= 15 is 0 Å². The zero-order chi connectivity index (χ0) is 23.4. The first-order chi connectivity index (χ1) is 16.4. The Morgan fingerprint density at radius 1 is 0.941 bits per heavy atom. The molecule has 3 aromatic rings. The van der Waals surface area contributed by atoms with E-state index in [1.807, 2.05) is 50.2 Å². The van der Waals surface area contributed by atoms with Crippen molar-refractivity contribution in [2.45, 2.75) is 37.1 Å². The molecule has 3 atom stereocenters. The van der Waals surface area contributed by atoms with Gasteiger partial charge < -0.3 is 14.8 Å². The highest BCUT2D eigenvalue weighted by atomic mass is 32.2. The van der Waals surface area contributed by atoms with E-state index in [2.05, 4.69) is 28.3 Å². The zero-order valence-electron chi connectivity index (χ0n) is 19.0. The van der Waals surface area contributed by atoms with Crippen LogP contribution in [0.1, 0.15) is 40.6 Å². The van der Waals surface area contributed by atoms with Crippen LogP contribution in [0.25, 0.3) is 0 Å². The van der Waals surface area contributed by atoms with Gasteiger partial charge in [0, 0.05) is 17.3 Å². The van der Waals surface area contributed by atoms with Gasteiger partial charge >= 0.3 is 0 Å². The third-order valence-electron chi connectivity index (χ3n) is 7.16. The smallest absolute Gasteiger partial charge is 0.261 e. The zero-order valence-corrected chi connectivity index (χ0v) is 19.9. The Bertz CT molecular complexity index is 1430. The Morgan fingerprint density at radius 3 is 2.65 bits per heavy atom. The Labute approximate surface area is 199 Å². The number of nitrogens with one attached hydrogen (secondary N) is 2. The van der Waals surface area contributed by atoms with Gasteiger partial charge in [0.2, 0.25) is 6.79 Å². The first kappa shape index (κ1) is 21.1. The predicted molar refractivity (Wildman–Crippen MR) is 132 cm³/mol. The van der Waals surface area contributed by atoms with Crippen LogP contribution in [0.4, 0.5) is 11.4 Å². The van der Waals surface area contributed by atoms with Crippen molar-refractivity contribution in [2.24, 2.45) is 5.92 Å². The second-order valence-corrected chi connectivity index (χ2v) is 10.9. The van der Waals surface area contributed by atoms with E-state index in [1.165, 1.54) is 0 Å². The number of aryl methyl sites for hydroxylation is 2. The molecule has 3 aliphatic rings. The van der Waals surface area contributed by atoms with Crippen LogP contribution in [0.5, 0.6) is 11.5 Å². The number of hydrogen-bond donors (Lipinski definition) is 2. The molecule has 1 aliphatic carbocycles. The lowest BCUT2D eigenvalue weighted by Gasteiger charge is -2.37. The highest BCUT2D eigenvalue weighted by Gasteiger charge is 2.39. The minimum absolute atomic E-state index is 0.0955. The van der Waals surface area contributed by atoms with Crippen LogP contribution in [0, 0.1) is 19.8 Å². The third kappa shape index (κ3) is 3.51. The molecule has 0 amide bonds. The van der Waals surface area contributed by atoms with Gasteiger partial charge in [0.15, 0.2) is 11.5 Å². The molecule has 0 aromatic heterocycles. The second kappa shape index (κ2) is 7.81. The van der Waals surface area contributed by atoms with Gasteiger partial charge in [0.05, 0.1) is 10.9 Å². The monoisotopic (exact) mass is 474 g/mol. The predicted octanol–water partition coefficient (Wildman–Crippen LogP) is 5.66. The van der Waals surface area contributed by atoms with E-state index in [-0.39, 0.29) is 23.6 Å². The molecule has 0 unspecified atom stereocenters. The lowest BCUT2D eigenvalue weighted by Crippen LogP contribution is -2.29. The van der Waals surface area contributed by atoms with E-state index in [0.717, 1.165) is 45.9 Å². The Morgan fingerprint density at radius 2 is 1.79 bits per heavy atom. The molecule has 2 aliphatic heterocycles. The van der Waals surface area contributed by atoms with Crippen molar-refractivity contribution in [2.75, 3.05) is 16.8 Å². The van der Waals surface area contributed by atoms with Gasteiger partial charge in [-0.05, 0) is 90.9 Å². The number of anilines is 2. The second-order valence-electron chi connectivity index (χ2n) is 9.24. The normalized spacial score (nSPS) is 22.1. The van der Waals surface area contributed by atoms with Crippen LogP contribution >= 0.6 is 0 Å². The van der Waals surface area contributed by atoms with Crippen LogP contribution in [0.3, 0.4) is 0 Å². The van der Waals surface area contributed by atoms with Gasteiger partial charge in [0.25, 0.3) is 10.0 Å². The lowest BCUT2D eigenvalue weighted by atomic mass is 9.77. The molecule has 174 valence electrons. The summed E-state index contributed by atoms with van der Waals surface area (Å²) in [5.74, 6) is 1.97. The van der Waals surface area contributed by atoms with E-state index < -0.39 is 10.0 Å². The number of sulfonamides is 1. The Kier molecular flexibility index (Phi) is 4.85. The van der Waals surface area contributed by atoms with Crippen molar-refractivity contribution in [3.8, 4) is 11.5 Å². The molecule has 2 N–H and O–H groups in total. The summed E-state index contributed by atoms with van der Waals surface area (Å²) in [5, 5.41) is 3.67. The lowest BCUT2D eigenvalue weighted by molar-refractivity contribution is 0.174. The van der Waals surface area contributed by atoms with Crippen molar-refractivity contribution < 1.29 is 17.9 Å². The summed E-state index contributed by atoms with van der Waals surface area (Å²) in [5.41, 5.74) is 5.85. The average molecular weight is 475 g/mol. The van der Waals surface area contributed by atoms with Gasteiger partial charge in [-0.15, -0.1) is 0 Å². The van der Waals surface area contributed by atoms with Gasteiger partial charge in [-0.2, -0.15) is 0 Å². The van der Waals surface area contributed by atoms with Crippen LogP contribution in [-0.2, 0) is 10.0 Å². The molecule has 3 aromatic carbocycles. The van der Waals surface area contributed by atoms with Gasteiger partial charge in [0.1, 0.15) is 0 Å². The molecule has 0 fully saturated rings. The number of rotatable bonds is 4. The van der Waals surface area contributed by atoms with E-state index in [9.17, 15) is 8.42 Å². The first-order valence-corrected chi connectivity index (χ1v) is 12.9. The summed E-state index contributed by atoms with van der Waals surface area (Å²) >= 11 is 0. The van der Waals surface area contributed by atoms with Gasteiger partial charge in [-0.25, -0.2) is 8.42 Å². The fraction of sp³-hybridized carbons (Fsp3) is 0.259. The molecule has 6 rings (SSSR count). The fourth-order valence-electron chi connectivity index (χ4n) is 5.20. The fourth-order valence-corrected chi connectivity index (χ4v) is 6.28. The minimum atomic E-state index is -3.71. The largest absolute Gasteiger partial charge is 0.454 e. The molecule has 7 heteroatoms. The average Bonchev–Trinajstić information content (AvgIpc) is 3.50. The number of benzene rings is 3. The molecule has 0 saturated heterocycles. The molecular formula is C27H26N2O4S. The molecule has 0 radical (unpaired) electrons. The van der Waals surface area contributed by atoms with Crippen molar-refractivity contribution in [1.29, 1.82) is 0 Å². The van der Waals surface area contributed by atoms with Crippen molar-refractivity contribution in [1.82, 2.24) is 0 Å². The SMILES string of the molecule is Cc1ccc(NS(=O)(=O)c2ccc3c(c2)[C@H]2C=CC[C@H]2[C@@H](c2ccc4c(c2)OCO4)N3)cc1C. The van der Waals surface area contributed by atoms with Gasteiger partial charge in [-0.1, -0.05) is 24.3 Å². The molecular weight excluding hydrogens is 448 g/mol. The maximum atomic E-state index is 13.2. The summed E-state index contributed by atoms with van der Waals surface area (Å²) < 4.78 is 40.2. The summed E-state index contributed by atoms with van der Waals surface area (Å²) in [6.07, 6.45) is 5.33. The maximum absolute atomic E-state index is 13.2. The number of hydrogen-bond acceptors (Lipinski definition) is 5. The Balaban J connectivity index is 1.33. The summed E-state index contributed by atoms with van der Waals surface area (Å²) in [7, 11) is -3.71. The van der Waals surface area contributed by atoms with E-state index in [4.69, 9.17) is 9.47 Å². The maximum Gasteiger partial charge on any atom is 0.261 e. The number of ether oxygens (including phenoxy) is 2. The van der Waals surface area contributed by atoms with Gasteiger partial charge in [-0.3, -0.25) is 4.72 Å². The molecule has 0 saturated carbocycles. The first-order valence-electron chi connectivity index (χ1n) is 11.5. The highest BCUT2D eigenvalue weighted by Crippen LogP contribution is 2.51. The van der Waals surface area contributed by atoms with Crippen molar-refractivity contribution >= 4 is 21.4 Å². The molecule has 0 bridgehead atoms. The molecule has 2 heterocycles. The topological polar surface area (TPSA) is 76.7 Å². The number of fused-ring (bicyclic) bond motifs is 4.